The van der Waals surface area contributed by atoms with Gasteiger partial charge in [0.25, 0.3) is 0 Å². The van der Waals surface area contributed by atoms with Gasteiger partial charge in [-0.05, 0) is 12.8 Å². The van der Waals surface area contributed by atoms with E-state index >= 15 is 0 Å². The van der Waals surface area contributed by atoms with Gasteiger partial charge in [-0.25, -0.2) is 0 Å². The van der Waals surface area contributed by atoms with Gasteiger partial charge in [0.15, 0.2) is 0 Å². The summed E-state index contributed by atoms with van der Waals surface area (Å²) in [7, 11) is 0. The van der Waals surface area contributed by atoms with Crippen molar-refractivity contribution >= 4 is 5.91 Å². The Balaban J connectivity index is 3.73. The highest BCUT2D eigenvalue weighted by Crippen LogP contribution is 2.15. The van der Waals surface area contributed by atoms with Crippen molar-refractivity contribution < 1.29 is 20.1 Å². The number of aliphatic hydroxyl groups is 3. The van der Waals surface area contributed by atoms with Gasteiger partial charge >= 0.3 is 0 Å². The molecule has 0 saturated carbocycles. The number of nitrogens with one attached hydrogen (secondary N) is 1. The molecule has 0 aliphatic rings. The first kappa shape index (κ1) is 40.1. The highest BCUT2D eigenvalue weighted by molar-refractivity contribution is 5.76. The molecule has 0 aromatic rings. The lowest BCUT2D eigenvalue weighted by Gasteiger charge is -2.20. The number of hydrogen-bond donors (Lipinski definition) is 4. The molecule has 5 heteroatoms. The van der Waals surface area contributed by atoms with Crippen LogP contribution in [0.3, 0.4) is 0 Å². The predicted molar refractivity (Wildman–Crippen MR) is 176 cm³/mol. The monoisotopic (exact) mass is 582 g/mol. The molecule has 0 bridgehead atoms. The van der Waals surface area contributed by atoms with E-state index in [9.17, 15) is 20.1 Å². The predicted octanol–water partition coefficient (Wildman–Crippen LogP) is 9.31. The van der Waals surface area contributed by atoms with Gasteiger partial charge in [-0.2, -0.15) is 0 Å². The Labute approximate surface area is 255 Å². The number of carbonyl (C=O) groups is 1. The highest BCUT2D eigenvalue weighted by Gasteiger charge is 2.18. The lowest BCUT2D eigenvalue weighted by atomic mass is 10.0. The lowest BCUT2D eigenvalue weighted by Crippen LogP contribution is -2.45. The fraction of sp³-hybridized carbons (Fsp3) is 0.917. The van der Waals surface area contributed by atoms with Crippen LogP contribution in [-0.4, -0.2) is 46.1 Å². The molecule has 0 aliphatic heterocycles. The third kappa shape index (κ3) is 29.0. The van der Waals surface area contributed by atoms with E-state index in [1.54, 1.807) is 6.08 Å². The second-order valence-electron chi connectivity index (χ2n) is 12.5. The van der Waals surface area contributed by atoms with E-state index in [1.165, 1.54) is 134 Å². The third-order valence-electron chi connectivity index (χ3n) is 8.35. The van der Waals surface area contributed by atoms with E-state index in [0.717, 1.165) is 32.1 Å². The Morgan fingerprint density at radius 1 is 0.561 bits per heavy atom. The summed E-state index contributed by atoms with van der Waals surface area (Å²) in [6.07, 6.45) is 34.5. The summed E-state index contributed by atoms with van der Waals surface area (Å²) >= 11 is 0. The number of aliphatic hydroxyl groups excluding tert-OH is 3. The quantitative estimate of drug-likeness (QED) is 0.0471. The minimum atomic E-state index is -1.01. The van der Waals surface area contributed by atoms with Gasteiger partial charge in [0.2, 0.25) is 5.91 Å². The van der Waals surface area contributed by atoms with Gasteiger partial charge in [-0.3, -0.25) is 4.79 Å². The first-order chi connectivity index (χ1) is 20.0. The zero-order valence-electron chi connectivity index (χ0n) is 27.4. The van der Waals surface area contributed by atoms with Crippen molar-refractivity contribution in [2.75, 3.05) is 6.61 Å². The molecular weight excluding hydrogens is 510 g/mol. The van der Waals surface area contributed by atoms with Crippen LogP contribution in [0.15, 0.2) is 12.2 Å². The first-order valence-corrected chi connectivity index (χ1v) is 18.0. The molecule has 244 valence electrons. The zero-order valence-corrected chi connectivity index (χ0v) is 27.4. The first-order valence-electron chi connectivity index (χ1n) is 18.0. The van der Waals surface area contributed by atoms with Crippen molar-refractivity contribution in [3.63, 3.8) is 0 Å². The minimum Gasteiger partial charge on any atom is -0.394 e. The van der Waals surface area contributed by atoms with Crippen LogP contribution in [0, 0.1) is 0 Å². The number of hydrogen-bond acceptors (Lipinski definition) is 4. The van der Waals surface area contributed by atoms with Crippen LogP contribution in [0.1, 0.15) is 187 Å². The van der Waals surface area contributed by atoms with Crippen molar-refractivity contribution in [1.82, 2.24) is 5.32 Å². The van der Waals surface area contributed by atoms with Crippen LogP contribution in [-0.2, 0) is 4.79 Å². The van der Waals surface area contributed by atoms with E-state index in [0.29, 0.717) is 12.8 Å². The van der Waals surface area contributed by atoms with Crippen molar-refractivity contribution in [3.8, 4) is 0 Å². The van der Waals surface area contributed by atoms with Gasteiger partial charge in [0, 0.05) is 6.42 Å². The molecule has 0 aromatic carbocycles. The molecule has 3 atom stereocenters. The van der Waals surface area contributed by atoms with Crippen molar-refractivity contribution in [3.05, 3.63) is 12.2 Å². The Hall–Kier alpha value is -0.910. The van der Waals surface area contributed by atoms with E-state index < -0.39 is 18.2 Å². The van der Waals surface area contributed by atoms with Gasteiger partial charge in [0.1, 0.15) is 0 Å². The standard InChI is InChI=1S/C36H71NO4/c1-3-5-7-9-11-13-15-16-17-18-19-21-23-25-27-29-36(41)37-34(32-38)35(40)31-30-33(39)28-26-24-22-20-14-12-10-8-6-4-2/h30-31,33-35,38-40H,3-29,32H2,1-2H3,(H,37,41)/b31-30+/t33-,34+,35-/m1/s1. The van der Waals surface area contributed by atoms with E-state index in [-0.39, 0.29) is 12.5 Å². The number of rotatable bonds is 32. The van der Waals surface area contributed by atoms with Crippen molar-refractivity contribution in [1.29, 1.82) is 0 Å². The summed E-state index contributed by atoms with van der Waals surface area (Å²) in [5.41, 5.74) is 0. The summed E-state index contributed by atoms with van der Waals surface area (Å²) in [6, 6.07) is -0.736. The van der Waals surface area contributed by atoms with Crippen LogP contribution in [0.2, 0.25) is 0 Å². The van der Waals surface area contributed by atoms with E-state index in [2.05, 4.69) is 19.2 Å². The second kappa shape index (κ2) is 32.0. The van der Waals surface area contributed by atoms with Gasteiger partial charge < -0.3 is 20.6 Å². The van der Waals surface area contributed by atoms with Gasteiger partial charge in [0.05, 0.1) is 24.9 Å². The van der Waals surface area contributed by atoms with Crippen LogP contribution in [0.4, 0.5) is 0 Å². The summed E-state index contributed by atoms with van der Waals surface area (Å²) < 4.78 is 0. The maximum Gasteiger partial charge on any atom is 0.220 e. The molecule has 0 fully saturated rings. The molecule has 4 N–H and O–H groups in total. The number of carbonyl (C=O) groups excluding carboxylic acids is 1. The molecule has 0 radical (unpaired) electrons. The minimum absolute atomic E-state index is 0.128. The van der Waals surface area contributed by atoms with Crippen LogP contribution in [0.25, 0.3) is 0 Å². The van der Waals surface area contributed by atoms with E-state index in [4.69, 9.17) is 0 Å². The molecule has 0 rings (SSSR count). The molecule has 0 spiro atoms. The molecular formula is C36H71NO4. The lowest BCUT2D eigenvalue weighted by molar-refractivity contribution is -0.123. The SMILES string of the molecule is CCCCCCCCCCCCCCCCCC(=O)N[C@@H](CO)[C@H](O)/C=C/[C@H](O)CCCCCCCCCCCC. The highest BCUT2D eigenvalue weighted by atomic mass is 16.3. The van der Waals surface area contributed by atoms with Crippen LogP contribution >= 0.6 is 0 Å². The van der Waals surface area contributed by atoms with Crippen LogP contribution < -0.4 is 5.32 Å². The molecule has 0 aromatic heterocycles. The Morgan fingerprint density at radius 3 is 1.32 bits per heavy atom. The smallest absolute Gasteiger partial charge is 0.220 e. The zero-order chi connectivity index (χ0) is 30.2. The van der Waals surface area contributed by atoms with E-state index in [1.807, 2.05) is 0 Å². The normalized spacial score (nSPS) is 14.0. The van der Waals surface area contributed by atoms with Crippen LogP contribution in [0.5, 0.6) is 0 Å². The molecule has 1 amide bonds. The average Bonchev–Trinajstić information content (AvgIpc) is 2.97. The number of amides is 1. The van der Waals surface area contributed by atoms with Crippen molar-refractivity contribution in [2.24, 2.45) is 0 Å². The van der Waals surface area contributed by atoms with Gasteiger partial charge in [-0.15, -0.1) is 0 Å². The fourth-order valence-electron chi connectivity index (χ4n) is 5.49. The Bertz CT molecular complexity index is 568. The molecule has 41 heavy (non-hydrogen) atoms. The summed E-state index contributed by atoms with van der Waals surface area (Å²) in [5.74, 6) is -0.128. The molecule has 0 saturated heterocycles. The number of unbranched alkanes of at least 4 members (excludes halogenated alkanes) is 23. The summed E-state index contributed by atoms with van der Waals surface area (Å²) in [4.78, 5) is 12.3. The molecule has 5 nitrogen and oxygen atoms in total. The molecule has 0 heterocycles. The van der Waals surface area contributed by atoms with Crippen molar-refractivity contribution in [2.45, 2.75) is 205 Å². The third-order valence-corrected chi connectivity index (χ3v) is 8.35. The largest absolute Gasteiger partial charge is 0.394 e. The average molecular weight is 582 g/mol. The molecule has 0 unspecified atom stereocenters. The Kier molecular flexibility index (Phi) is 31.3. The summed E-state index contributed by atoms with van der Waals surface area (Å²) in [6.45, 7) is 4.19. The second-order valence-corrected chi connectivity index (χ2v) is 12.5. The maximum absolute atomic E-state index is 12.3. The fourth-order valence-corrected chi connectivity index (χ4v) is 5.49. The molecule has 0 aliphatic carbocycles. The Morgan fingerprint density at radius 2 is 0.927 bits per heavy atom. The van der Waals surface area contributed by atoms with Gasteiger partial charge in [-0.1, -0.05) is 180 Å². The topological polar surface area (TPSA) is 89.8 Å². The maximum atomic E-state index is 12.3. The summed E-state index contributed by atoms with van der Waals surface area (Å²) in [5, 5.41) is 33.0.